The third kappa shape index (κ3) is 5.93. The molecule has 0 aliphatic heterocycles. The summed E-state index contributed by atoms with van der Waals surface area (Å²) < 4.78 is 0. The highest BCUT2D eigenvalue weighted by Crippen LogP contribution is 2.39. The maximum atomic E-state index is 11.8. The molecule has 116 valence electrons. The van der Waals surface area contributed by atoms with Crippen LogP contribution in [0.4, 0.5) is 0 Å². The summed E-state index contributed by atoms with van der Waals surface area (Å²) in [5, 5.41) is 0. The van der Waals surface area contributed by atoms with Gasteiger partial charge in [0.15, 0.2) is 0 Å². The quantitative estimate of drug-likeness (QED) is 0.503. The Morgan fingerprint density at radius 1 is 0.800 bits per heavy atom. The molecular weight excluding hydrogens is 252 g/mol. The first-order valence-corrected chi connectivity index (χ1v) is 8.15. The van der Waals surface area contributed by atoms with Crippen LogP contribution in [0.2, 0.25) is 0 Å². The van der Waals surface area contributed by atoms with Crippen LogP contribution >= 0.6 is 0 Å². The van der Waals surface area contributed by atoms with E-state index >= 15 is 0 Å². The number of nitrogens with two attached hydrogens (primary N) is 2. The van der Waals surface area contributed by atoms with E-state index < -0.39 is 0 Å². The Hall–Kier alpha value is -1.06. The van der Waals surface area contributed by atoms with Crippen LogP contribution in [-0.2, 0) is 9.59 Å². The molecule has 1 saturated carbocycles. The van der Waals surface area contributed by atoms with Gasteiger partial charge in [-0.15, -0.1) is 0 Å². The fourth-order valence-corrected chi connectivity index (χ4v) is 3.32. The third-order valence-electron chi connectivity index (χ3n) is 4.66. The lowest BCUT2D eigenvalue weighted by Gasteiger charge is -2.29. The molecule has 0 atom stereocenters. The fraction of sp³-hybridized carbons (Fsp3) is 0.875. The van der Waals surface area contributed by atoms with Gasteiger partial charge in [0.25, 0.3) is 0 Å². The van der Waals surface area contributed by atoms with Gasteiger partial charge in [0.1, 0.15) is 0 Å². The molecule has 0 aromatic rings. The van der Waals surface area contributed by atoms with Crippen LogP contribution in [-0.4, -0.2) is 11.8 Å². The van der Waals surface area contributed by atoms with Gasteiger partial charge in [0, 0.05) is 11.8 Å². The van der Waals surface area contributed by atoms with Gasteiger partial charge >= 0.3 is 0 Å². The Morgan fingerprint density at radius 2 is 1.35 bits per heavy atom. The van der Waals surface area contributed by atoms with Gasteiger partial charge in [-0.3, -0.25) is 9.59 Å². The van der Waals surface area contributed by atoms with Crippen molar-refractivity contribution in [1.82, 2.24) is 0 Å². The number of primary amides is 2. The highest BCUT2D eigenvalue weighted by atomic mass is 16.1. The van der Waals surface area contributed by atoms with Crippen molar-refractivity contribution in [3.63, 3.8) is 0 Å². The van der Waals surface area contributed by atoms with Crippen molar-refractivity contribution in [1.29, 1.82) is 0 Å². The Labute approximate surface area is 122 Å². The molecule has 0 heterocycles. The summed E-state index contributed by atoms with van der Waals surface area (Å²) in [5.41, 5.74) is 10.6. The molecule has 0 aromatic carbocycles. The number of rotatable bonds is 9. The van der Waals surface area contributed by atoms with Crippen LogP contribution < -0.4 is 11.5 Å². The molecule has 1 aliphatic carbocycles. The van der Waals surface area contributed by atoms with Gasteiger partial charge < -0.3 is 11.5 Å². The topological polar surface area (TPSA) is 86.2 Å². The average Bonchev–Trinajstić information content (AvgIpc) is 2.64. The second-order valence-electron chi connectivity index (χ2n) is 6.29. The van der Waals surface area contributed by atoms with E-state index in [0.29, 0.717) is 6.42 Å². The first kappa shape index (κ1) is 17.0. The minimum Gasteiger partial charge on any atom is -0.370 e. The molecule has 0 radical (unpaired) electrons. The zero-order chi connectivity index (χ0) is 14.8. The van der Waals surface area contributed by atoms with Gasteiger partial charge in [0.05, 0.1) is 0 Å². The first-order chi connectivity index (χ1) is 9.57. The third-order valence-corrected chi connectivity index (χ3v) is 4.66. The minimum atomic E-state index is -0.232. The van der Waals surface area contributed by atoms with Crippen molar-refractivity contribution in [2.75, 3.05) is 0 Å². The average molecular weight is 282 g/mol. The van der Waals surface area contributed by atoms with Crippen molar-refractivity contribution >= 4 is 11.8 Å². The number of hydrogen-bond acceptors (Lipinski definition) is 2. The predicted octanol–water partition coefficient (Wildman–Crippen LogP) is 3.03. The Kier molecular flexibility index (Phi) is 7.63. The molecule has 4 nitrogen and oxygen atoms in total. The highest BCUT2D eigenvalue weighted by Gasteiger charge is 2.35. The lowest BCUT2D eigenvalue weighted by atomic mass is 9.75. The zero-order valence-electron chi connectivity index (χ0n) is 12.7. The molecular formula is C16H30N2O2. The minimum absolute atomic E-state index is 0.0897. The molecule has 0 aromatic heterocycles. The normalized spacial score (nSPS) is 18.4. The van der Waals surface area contributed by atoms with E-state index in [1.807, 2.05) is 0 Å². The standard InChI is InChI=1S/C16H30N2O2/c17-14(19)10-6-2-1-3-7-11-16(15(18)20)12-8-4-5-9-13-16/h1-13H2,(H2,17,19)(H2,18,20). The van der Waals surface area contributed by atoms with Crippen LogP contribution in [0.1, 0.15) is 83.5 Å². The molecule has 4 heteroatoms. The molecule has 2 amide bonds. The molecule has 0 saturated heterocycles. The lowest BCUT2D eigenvalue weighted by Crippen LogP contribution is -2.36. The van der Waals surface area contributed by atoms with E-state index in [0.717, 1.165) is 64.2 Å². The summed E-state index contributed by atoms with van der Waals surface area (Å²) in [4.78, 5) is 22.5. The van der Waals surface area contributed by atoms with Crippen molar-refractivity contribution in [3.8, 4) is 0 Å². The summed E-state index contributed by atoms with van der Waals surface area (Å²) in [7, 11) is 0. The second kappa shape index (κ2) is 8.98. The number of carbonyl (C=O) groups excluding carboxylic acids is 2. The van der Waals surface area contributed by atoms with Crippen LogP contribution in [0.15, 0.2) is 0 Å². The van der Waals surface area contributed by atoms with Gasteiger partial charge in [-0.25, -0.2) is 0 Å². The molecule has 0 bridgehead atoms. The van der Waals surface area contributed by atoms with Gasteiger partial charge in [-0.05, 0) is 25.7 Å². The second-order valence-corrected chi connectivity index (χ2v) is 6.29. The zero-order valence-corrected chi connectivity index (χ0v) is 12.7. The van der Waals surface area contributed by atoms with Crippen LogP contribution in [0.3, 0.4) is 0 Å². The SMILES string of the molecule is NC(=O)CCCCCCCC1(C(N)=O)CCCCCC1. The van der Waals surface area contributed by atoms with Crippen LogP contribution in [0.25, 0.3) is 0 Å². The molecule has 4 N–H and O–H groups in total. The van der Waals surface area contributed by atoms with E-state index in [2.05, 4.69) is 0 Å². The van der Waals surface area contributed by atoms with Crippen LogP contribution in [0, 0.1) is 5.41 Å². The summed E-state index contributed by atoms with van der Waals surface area (Å²) in [6, 6.07) is 0. The van der Waals surface area contributed by atoms with Crippen molar-refractivity contribution in [2.45, 2.75) is 83.5 Å². The number of carbonyl (C=O) groups is 2. The van der Waals surface area contributed by atoms with Gasteiger partial charge in [0.2, 0.25) is 11.8 Å². The Morgan fingerprint density at radius 3 is 1.90 bits per heavy atom. The monoisotopic (exact) mass is 282 g/mol. The smallest absolute Gasteiger partial charge is 0.223 e. The summed E-state index contributed by atoms with van der Waals surface area (Å²) >= 11 is 0. The maximum Gasteiger partial charge on any atom is 0.223 e. The van der Waals surface area contributed by atoms with Crippen molar-refractivity contribution < 1.29 is 9.59 Å². The van der Waals surface area contributed by atoms with Gasteiger partial charge in [-0.1, -0.05) is 51.4 Å². The Bertz CT molecular complexity index is 308. The lowest BCUT2D eigenvalue weighted by molar-refractivity contribution is -0.129. The highest BCUT2D eigenvalue weighted by molar-refractivity contribution is 5.80. The maximum absolute atomic E-state index is 11.8. The van der Waals surface area contributed by atoms with E-state index in [4.69, 9.17) is 11.5 Å². The largest absolute Gasteiger partial charge is 0.370 e. The summed E-state index contributed by atoms with van der Waals surface area (Å²) in [6.07, 6.45) is 13.4. The van der Waals surface area contributed by atoms with E-state index in [1.54, 1.807) is 0 Å². The van der Waals surface area contributed by atoms with E-state index in [1.165, 1.54) is 12.8 Å². The molecule has 0 spiro atoms. The van der Waals surface area contributed by atoms with Crippen LogP contribution in [0.5, 0.6) is 0 Å². The molecule has 1 rings (SSSR count). The molecule has 1 aliphatic rings. The first-order valence-electron chi connectivity index (χ1n) is 8.15. The van der Waals surface area contributed by atoms with Crippen molar-refractivity contribution in [3.05, 3.63) is 0 Å². The number of unbranched alkanes of at least 4 members (excludes halogenated alkanes) is 4. The molecule has 1 fully saturated rings. The summed E-state index contributed by atoms with van der Waals surface area (Å²) in [5.74, 6) is -0.302. The van der Waals surface area contributed by atoms with Crippen molar-refractivity contribution in [2.24, 2.45) is 16.9 Å². The summed E-state index contributed by atoms with van der Waals surface area (Å²) in [6.45, 7) is 0. The predicted molar refractivity (Wildman–Crippen MR) is 80.8 cm³/mol. The Balaban J connectivity index is 2.22. The molecule has 0 unspecified atom stereocenters. The molecule has 20 heavy (non-hydrogen) atoms. The van der Waals surface area contributed by atoms with E-state index in [-0.39, 0.29) is 17.2 Å². The van der Waals surface area contributed by atoms with E-state index in [9.17, 15) is 9.59 Å². The number of hydrogen-bond donors (Lipinski definition) is 2. The number of amides is 2. The fourth-order valence-electron chi connectivity index (χ4n) is 3.32. The van der Waals surface area contributed by atoms with Gasteiger partial charge in [-0.2, -0.15) is 0 Å².